The first-order chi connectivity index (χ1) is 13.4. The highest BCUT2D eigenvalue weighted by Crippen LogP contribution is 2.17. The number of aromatic carboxylic acids is 1. The van der Waals surface area contributed by atoms with Crippen molar-refractivity contribution in [1.29, 1.82) is 0 Å². The number of piperidine rings is 1. The maximum Gasteiger partial charge on any atom is 0.335 e. The summed E-state index contributed by atoms with van der Waals surface area (Å²) in [6.07, 6.45) is 1.29. The van der Waals surface area contributed by atoms with Gasteiger partial charge in [0.1, 0.15) is 0 Å². The van der Waals surface area contributed by atoms with E-state index < -0.39 is 5.97 Å². The number of rotatable bonds is 4. The van der Waals surface area contributed by atoms with Crippen LogP contribution < -0.4 is 10.6 Å². The SMILES string of the molecule is Cc1cc(C(=O)O)cc(C(=O)N2CCC(NC(=O)Nc3ccccc3)CC2)c1. The van der Waals surface area contributed by atoms with Gasteiger partial charge in [0.25, 0.3) is 5.91 Å². The molecule has 1 aliphatic rings. The molecule has 3 N–H and O–H groups in total. The standard InChI is InChI=1S/C21H23N3O4/c1-14-11-15(13-16(12-14)20(26)27)19(25)24-9-7-18(8-10-24)23-21(28)22-17-5-3-2-4-6-17/h2-6,11-13,18H,7-10H2,1H3,(H,26,27)(H2,22,23,28). The fourth-order valence-corrected chi connectivity index (χ4v) is 3.31. The lowest BCUT2D eigenvalue weighted by Gasteiger charge is -2.32. The van der Waals surface area contributed by atoms with Gasteiger partial charge in [-0.05, 0) is 55.7 Å². The molecular formula is C21H23N3O4. The molecule has 3 rings (SSSR count). The summed E-state index contributed by atoms with van der Waals surface area (Å²) < 4.78 is 0. The summed E-state index contributed by atoms with van der Waals surface area (Å²) in [6, 6.07) is 13.6. The molecule has 0 bridgehead atoms. The Morgan fingerprint density at radius 1 is 1.00 bits per heavy atom. The van der Waals surface area contributed by atoms with Crippen molar-refractivity contribution in [3.05, 3.63) is 65.2 Å². The van der Waals surface area contributed by atoms with Crippen LogP contribution >= 0.6 is 0 Å². The molecule has 146 valence electrons. The number of hydrogen-bond donors (Lipinski definition) is 3. The molecule has 28 heavy (non-hydrogen) atoms. The van der Waals surface area contributed by atoms with Gasteiger partial charge in [-0.15, -0.1) is 0 Å². The number of carboxylic acids is 1. The lowest BCUT2D eigenvalue weighted by Crippen LogP contribution is -2.47. The maximum atomic E-state index is 12.7. The minimum atomic E-state index is -1.05. The summed E-state index contributed by atoms with van der Waals surface area (Å²) in [5, 5.41) is 14.9. The van der Waals surface area contributed by atoms with E-state index >= 15 is 0 Å². The number of carbonyl (C=O) groups is 3. The fourth-order valence-electron chi connectivity index (χ4n) is 3.31. The van der Waals surface area contributed by atoms with Crippen LogP contribution in [0.2, 0.25) is 0 Å². The molecule has 1 saturated heterocycles. The van der Waals surface area contributed by atoms with Crippen molar-refractivity contribution in [3.8, 4) is 0 Å². The lowest BCUT2D eigenvalue weighted by atomic mass is 10.0. The molecule has 1 fully saturated rings. The minimum Gasteiger partial charge on any atom is -0.478 e. The van der Waals surface area contributed by atoms with Crippen LogP contribution in [0.1, 0.15) is 39.1 Å². The Bertz CT molecular complexity index is 874. The predicted octanol–water partition coefficient (Wildman–Crippen LogP) is 3.12. The summed E-state index contributed by atoms with van der Waals surface area (Å²) in [5.41, 5.74) is 1.95. The molecule has 2 aromatic rings. The van der Waals surface area contributed by atoms with Gasteiger partial charge in [0.2, 0.25) is 0 Å². The predicted molar refractivity (Wildman–Crippen MR) is 106 cm³/mol. The molecule has 1 heterocycles. The number of anilines is 1. The van der Waals surface area contributed by atoms with E-state index in [1.54, 1.807) is 24.0 Å². The van der Waals surface area contributed by atoms with Crippen LogP contribution in [-0.4, -0.2) is 47.0 Å². The van der Waals surface area contributed by atoms with Crippen LogP contribution in [0.3, 0.4) is 0 Å². The average Bonchev–Trinajstić information content (AvgIpc) is 2.68. The van der Waals surface area contributed by atoms with Gasteiger partial charge < -0.3 is 20.6 Å². The van der Waals surface area contributed by atoms with Crippen LogP contribution in [0.15, 0.2) is 48.5 Å². The van der Waals surface area contributed by atoms with Gasteiger partial charge in [0.15, 0.2) is 0 Å². The van der Waals surface area contributed by atoms with Gasteiger partial charge in [-0.1, -0.05) is 18.2 Å². The van der Waals surface area contributed by atoms with Gasteiger partial charge >= 0.3 is 12.0 Å². The first-order valence-electron chi connectivity index (χ1n) is 9.19. The quantitative estimate of drug-likeness (QED) is 0.758. The zero-order valence-corrected chi connectivity index (χ0v) is 15.6. The van der Waals surface area contributed by atoms with Crippen LogP contribution in [0, 0.1) is 6.92 Å². The Kier molecular flexibility index (Phi) is 5.93. The molecule has 0 saturated carbocycles. The second-order valence-corrected chi connectivity index (χ2v) is 6.92. The van der Waals surface area contributed by atoms with Crippen molar-refractivity contribution in [2.24, 2.45) is 0 Å². The highest BCUT2D eigenvalue weighted by molar-refractivity contribution is 5.98. The van der Waals surface area contributed by atoms with Crippen molar-refractivity contribution in [2.45, 2.75) is 25.8 Å². The van der Waals surface area contributed by atoms with Crippen molar-refractivity contribution in [3.63, 3.8) is 0 Å². The Morgan fingerprint density at radius 3 is 2.29 bits per heavy atom. The number of hydrogen-bond acceptors (Lipinski definition) is 3. The molecule has 7 heteroatoms. The van der Waals surface area contributed by atoms with Gasteiger partial charge in [0.05, 0.1) is 5.56 Å². The third-order valence-electron chi connectivity index (χ3n) is 4.72. The summed E-state index contributed by atoms with van der Waals surface area (Å²) in [4.78, 5) is 37.7. The van der Waals surface area contributed by atoms with E-state index in [9.17, 15) is 19.5 Å². The third-order valence-corrected chi connectivity index (χ3v) is 4.72. The molecular weight excluding hydrogens is 358 g/mol. The highest BCUT2D eigenvalue weighted by Gasteiger charge is 2.25. The Hall–Kier alpha value is -3.35. The normalized spacial score (nSPS) is 14.4. The van der Waals surface area contributed by atoms with Gasteiger partial charge in [-0.3, -0.25) is 4.79 Å². The second-order valence-electron chi connectivity index (χ2n) is 6.92. The molecule has 0 radical (unpaired) electrons. The summed E-state index contributed by atoms with van der Waals surface area (Å²) in [7, 11) is 0. The van der Waals surface area contributed by atoms with E-state index in [1.165, 1.54) is 6.07 Å². The number of carbonyl (C=O) groups excluding carboxylic acids is 2. The molecule has 3 amide bonds. The fraction of sp³-hybridized carbons (Fsp3) is 0.286. The van der Waals surface area contributed by atoms with Crippen molar-refractivity contribution < 1.29 is 19.5 Å². The largest absolute Gasteiger partial charge is 0.478 e. The van der Waals surface area contributed by atoms with E-state index in [2.05, 4.69) is 10.6 Å². The summed E-state index contributed by atoms with van der Waals surface area (Å²) in [5.74, 6) is -1.23. The smallest absolute Gasteiger partial charge is 0.335 e. The Labute approximate surface area is 163 Å². The number of carboxylic acid groups (broad SMARTS) is 1. The van der Waals surface area contributed by atoms with Crippen LogP contribution in [0.5, 0.6) is 0 Å². The molecule has 2 aromatic carbocycles. The molecule has 0 aliphatic carbocycles. The number of likely N-dealkylation sites (tertiary alicyclic amines) is 1. The van der Waals surface area contributed by atoms with Crippen molar-refractivity contribution in [1.82, 2.24) is 10.2 Å². The molecule has 7 nitrogen and oxygen atoms in total. The van der Waals surface area contributed by atoms with Crippen molar-refractivity contribution >= 4 is 23.6 Å². The molecule has 1 aliphatic heterocycles. The first kappa shape index (κ1) is 19.4. The van der Waals surface area contributed by atoms with Gasteiger partial charge in [-0.2, -0.15) is 0 Å². The number of urea groups is 1. The number of para-hydroxylation sites is 1. The van der Waals surface area contributed by atoms with E-state index in [-0.39, 0.29) is 23.5 Å². The van der Waals surface area contributed by atoms with Crippen LogP contribution in [-0.2, 0) is 0 Å². The minimum absolute atomic E-state index is 0.0140. The van der Waals surface area contributed by atoms with E-state index in [4.69, 9.17) is 0 Å². The number of amides is 3. The van der Waals surface area contributed by atoms with E-state index in [1.807, 2.05) is 30.3 Å². The zero-order chi connectivity index (χ0) is 20.1. The van der Waals surface area contributed by atoms with Crippen LogP contribution in [0.25, 0.3) is 0 Å². The highest BCUT2D eigenvalue weighted by atomic mass is 16.4. The number of nitrogens with zero attached hydrogens (tertiary/aromatic N) is 1. The van der Waals surface area contributed by atoms with E-state index in [0.717, 1.165) is 11.3 Å². The lowest BCUT2D eigenvalue weighted by molar-refractivity contribution is 0.0696. The zero-order valence-electron chi connectivity index (χ0n) is 15.6. The molecule has 0 aromatic heterocycles. The monoisotopic (exact) mass is 381 g/mol. The van der Waals surface area contributed by atoms with Gasteiger partial charge in [0, 0.05) is 30.4 Å². The van der Waals surface area contributed by atoms with Crippen molar-refractivity contribution in [2.75, 3.05) is 18.4 Å². The number of nitrogens with one attached hydrogen (secondary N) is 2. The maximum absolute atomic E-state index is 12.7. The Morgan fingerprint density at radius 2 is 1.64 bits per heavy atom. The third kappa shape index (κ3) is 4.88. The van der Waals surface area contributed by atoms with Crippen LogP contribution in [0.4, 0.5) is 10.5 Å². The first-order valence-corrected chi connectivity index (χ1v) is 9.19. The van der Waals surface area contributed by atoms with E-state index in [0.29, 0.717) is 31.5 Å². The van der Waals surface area contributed by atoms with Gasteiger partial charge in [-0.25, -0.2) is 9.59 Å². The average molecular weight is 381 g/mol. The Balaban J connectivity index is 1.54. The number of aryl methyl sites for hydroxylation is 1. The molecule has 0 atom stereocenters. The summed E-state index contributed by atoms with van der Waals surface area (Å²) in [6.45, 7) is 2.78. The number of benzene rings is 2. The second kappa shape index (κ2) is 8.56. The topological polar surface area (TPSA) is 98.7 Å². The summed E-state index contributed by atoms with van der Waals surface area (Å²) >= 11 is 0. The molecule has 0 spiro atoms. The molecule has 0 unspecified atom stereocenters.